The monoisotopic (exact) mass is 299 g/mol. The van der Waals surface area contributed by atoms with Gasteiger partial charge in [-0.1, -0.05) is 6.07 Å². The van der Waals surface area contributed by atoms with E-state index in [0.29, 0.717) is 5.95 Å². The SMILES string of the molecule is Cc1cc(C)cc(Nc2nccc(NCCCN(C)C)n2)c1. The van der Waals surface area contributed by atoms with E-state index in [-0.39, 0.29) is 0 Å². The van der Waals surface area contributed by atoms with Gasteiger partial charge in [0.1, 0.15) is 5.82 Å². The second kappa shape index (κ2) is 7.75. The maximum atomic E-state index is 4.50. The first-order valence-corrected chi connectivity index (χ1v) is 7.60. The third-order valence-corrected chi connectivity index (χ3v) is 3.22. The second-order valence-electron chi connectivity index (χ2n) is 5.85. The van der Waals surface area contributed by atoms with E-state index in [9.17, 15) is 0 Å². The highest BCUT2D eigenvalue weighted by Crippen LogP contribution is 2.17. The molecule has 0 aliphatic carbocycles. The molecule has 0 spiro atoms. The molecule has 22 heavy (non-hydrogen) atoms. The molecule has 0 fully saturated rings. The number of hydrogen-bond acceptors (Lipinski definition) is 5. The Hall–Kier alpha value is -2.14. The summed E-state index contributed by atoms with van der Waals surface area (Å²) in [6.07, 6.45) is 2.85. The summed E-state index contributed by atoms with van der Waals surface area (Å²) in [7, 11) is 4.16. The van der Waals surface area contributed by atoms with Gasteiger partial charge < -0.3 is 15.5 Å². The minimum absolute atomic E-state index is 0.614. The molecule has 0 amide bonds. The summed E-state index contributed by atoms with van der Waals surface area (Å²) in [5.41, 5.74) is 3.46. The van der Waals surface area contributed by atoms with Crippen molar-refractivity contribution in [1.82, 2.24) is 14.9 Å². The number of rotatable bonds is 7. The van der Waals surface area contributed by atoms with E-state index < -0.39 is 0 Å². The van der Waals surface area contributed by atoms with Crippen LogP contribution in [0.15, 0.2) is 30.5 Å². The van der Waals surface area contributed by atoms with Gasteiger partial charge >= 0.3 is 0 Å². The third kappa shape index (κ3) is 5.33. The Morgan fingerprint density at radius 2 is 1.82 bits per heavy atom. The van der Waals surface area contributed by atoms with Gasteiger partial charge in [-0.3, -0.25) is 0 Å². The highest BCUT2D eigenvalue weighted by atomic mass is 15.1. The van der Waals surface area contributed by atoms with Gasteiger partial charge in [0.25, 0.3) is 0 Å². The molecule has 0 saturated heterocycles. The Balaban J connectivity index is 1.96. The minimum Gasteiger partial charge on any atom is -0.370 e. The van der Waals surface area contributed by atoms with Crippen molar-refractivity contribution < 1.29 is 0 Å². The van der Waals surface area contributed by atoms with E-state index in [1.165, 1.54) is 11.1 Å². The molecule has 5 heteroatoms. The van der Waals surface area contributed by atoms with Crippen molar-refractivity contribution >= 4 is 17.5 Å². The second-order valence-corrected chi connectivity index (χ2v) is 5.85. The van der Waals surface area contributed by atoms with Crippen molar-refractivity contribution in [2.24, 2.45) is 0 Å². The van der Waals surface area contributed by atoms with Crippen LogP contribution in [0.1, 0.15) is 17.5 Å². The van der Waals surface area contributed by atoms with Gasteiger partial charge in [-0.25, -0.2) is 4.98 Å². The van der Waals surface area contributed by atoms with Crippen LogP contribution in [0.4, 0.5) is 17.5 Å². The van der Waals surface area contributed by atoms with Crippen LogP contribution in [0.2, 0.25) is 0 Å². The largest absolute Gasteiger partial charge is 0.370 e. The summed E-state index contributed by atoms with van der Waals surface area (Å²) in [6, 6.07) is 8.22. The number of nitrogens with one attached hydrogen (secondary N) is 2. The standard InChI is InChI=1S/C17H25N5/c1-13-10-14(2)12-15(11-13)20-17-19-8-6-16(21-17)18-7-5-9-22(3)4/h6,8,10-12H,5,7,9H2,1-4H3,(H2,18,19,20,21). The summed E-state index contributed by atoms with van der Waals surface area (Å²) in [5, 5.41) is 6.60. The van der Waals surface area contributed by atoms with Gasteiger partial charge in [0.05, 0.1) is 0 Å². The maximum Gasteiger partial charge on any atom is 0.229 e. The highest BCUT2D eigenvalue weighted by Gasteiger charge is 2.01. The number of anilines is 3. The zero-order valence-corrected chi connectivity index (χ0v) is 13.8. The molecular formula is C17H25N5. The lowest BCUT2D eigenvalue weighted by atomic mass is 10.1. The van der Waals surface area contributed by atoms with E-state index >= 15 is 0 Å². The number of benzene rings is 1. The lowest BCUT2D eigenvalue weighted by Gasteiger charge is -2.11. The Labute approximate surface area is 132 Å². The number of hydrogen-bond donors (Lipinski definition) is 2. The van der Waals surface area contributed by atoms with Crippen LogP contribution >= 0.6 is 0 Å². The number of aromatic nitrogens is 2. The van der Waals surface area contributed by atoms with E-state index in [0.717, 1.165) is 31.0 Å². The minimum atomic E-state index is 0.614. The van der Waals surface area contributed by atoms with E-state index in [1.54, 1.807) is 6.20 Å². The molecule has 5 nitrogen and oxygen atoms in total. The van der Waals surface area contributed by atoms with Gasteiger partial charge in [0, 0.05) is 18.4 Å². The molecule has 0 aliphatic heterocycles. The molecule has 0 saturated carbocycles. The smallest absolute Gasteiger partial charge is 0.229 e. The third-order valence-electron chi connectivity index (χ3n) is 3.22. The van der Waals surface area contributed by atoms with Crippen LogP contribution in [-0.4, -0.2) is 42.1 Å². The summed E-state index contributed by atoms with van der Waals surface area (Å²) >= 11 is 0. The average Bonchev–Trinajstić information content (AvgIpc) is 2.43. The van der Waals surface area contributed by atoms with E-state index in [4.69, 9.17) is 0 Å². The van der Waals surface area contributed by atoms with Crippen LogP contribution in [-0.2, 0) is 0 Å². The molecule has 2 N–H and O–H groups in total. The van der Waals surface area contributed by atoms with Gasteiger partial charge in [-0.2, -0.15) is 4.98 Å². The zero-order valence-electron chi connectivity index (χ0n) is 13.8. The van der Waals surface area contributed by atoms with E-state index in [1.807, 2.05) is 6.07 Å². The molecule has 0 aliphatic rings. The molecule has 1 heterocycles. The van der Waals surface area contributed by atoms with Crippen LogP contribution in [0.25, 0.3) is 0 Å². The van der Waals surface area contributed by atoms with Crippen LogP contribution in [0.3, 0.4) is 0 Å². The van der Waals surface area contributed by atoms with Crippen molar-refractivity contribution in [2.45, 2.75) is 20.3 Å². The zero-order chi connectivity index (χ0) is 15.9. The predicted molar refractivity (Wildman–Crippen MR) is 92.9 cm³/mol. The molecule has 1 aromatic heterocycles. The van der Waals surface area contributed by atoms with Gasteiger partial charge in [0.15, 0.2) is 0 Å². The fourth-order valence-corrected chi connectivity index (χ4v) is 2.31. The molecule has 2 rings (SSSR count). The molecule has 0 bridgehead atoms. The van der Waals surface area contributed by atoms with Crippen molar-refractivity contribution in [2.75, 3.05) is 37.8 Å². The summed E-state index contributed by atoms with van der Waals surface area (Å²) in [5.74, 6) is 1.46. The first kappa shape index (κ1) is 16.2. The lowest BCUT2D eigenvalue weighted by molar-refractivity contribution is 0.405. The van der Waals surface area contributed by atoms with Gasteiger partial charge in [-0.05, 0) is 70.2 Å². The lowest BCUT2D eigenvalue weighted by Crippen LogP contribution is -2.16. The summed E-state index contributed by atoms with van der Waals surface area (Å²) in [6.45, 7) is 6.13. The Morgan fingerprint density at radius 1 is 1.09 bits per heavy atom. The van der Waals surface area contributed by atoms with Crippen LogP contribution in [0, 0.1) is 13.8 Å². The average molecular weight is 299 g/mol. The van der Waals surface area contributed by atoms with Crippen molar-refractivity contribution in [1.29, 1.82) is 0 Å². The topological polar surface area (TPSA) is 53.1 Å². The van der Waals surface area contributed by atoms with Crippen LogP contribution < -0.4 is 10.6 Å². The fraction of sp³-hybridized carbons (Fsp3) is 0.412. The fourth-order valence-electron chi connectivity index (χ4n) is 2.31. The molecule has 0 radical (unpaired) electrons. The normalized spacial score (nSPS) is 10.8. The summed E-state index contributed by atoms with van der Waals surface area (Å²) in [4.78, 5) is 11.0. The van der Waals surface area contributed by atoms with Crippen molar-refractivity contribution in [3.8, 4) is 0 Å². The van der Waals surface area contributed by atoms with Gasteiger partial charge in [-0.15, -0.1) is 0 Å². The Kier molecular flexibility index (Phi) is 5.72. The Morgan fingerprint density at radius 3 is 2.50 bits per heavy atom. The first-order valence-electron chi connectivity index (χ1n) is 7.60. The number of aryl methyl sites for hydroxylation is 2. The summed E-state index contributed by atoms with van der Waals surface area (Å²) < 4.78 is 0. The molecule has 2 aromatic rings. The molecular weight excluding hydrogens is 274 g/mol. The Bertz CT molecular complexity index is 589. The number of nitrogens with zero attached hydrogens (tertiary/aromatic N) is 3. The van der Waals surface area contributed by atoms with Crippen LogP contribution in [0.5, 0.6) is 0 Å². The molecule has 0 unspecified atom stereocenters. The van der Waals surface area contributed by atoms with Crippen molar-refractivity contribution in [3.05, 3.63) is 41.6 Å². The quantitative estimate of drug-likeness (QED) is 0.769. The molecule has 0 atom stereocenters. The molecule has 1 aromatic carbocycles. The molecule has 118 valence electrons. The highest BCUT2D eigenvalue weighted by molar-refractivity contribution is 5.57. The maximum absolute atomic E-state index is 4.50. The first-order chi connectivity index (χ1) is 10.5. The van der Waals surface area contributed by atoms with E-state index in [2.05, 4.69) is 71.6 Å². The van der Waals surface area contributed by atoms with Crippen molar-refractivity contribution in [3.63, 3.8) is 0 Å². The predicted octanol–water partition coefficient (Wildman–Crippen LogP) is 3.20. The van der Waals surface area contributed by atoms with Gasteiger partial charge in [0.2, 0.25) is 5.95 Å².